The minimum atomic E-state index is -0.867. The zero-order valence-electron chi connectivity index (χ0n) is 13.3. The molecule has 2 aromatic heterocycles. The van der Waals surface area contributed by atoms with Gasteiger partial charge in [0.05, 0.1) is 18.9 Å². The number of aliphatic hydroxyl groups excluding tert-OH is 1. The number of ether oxygens (including phenoxy) is 3. The Morgan fingerprint density at radius 2 is 2.17 bits per heavy atom. The lowest BCUT2D eigenvalue weighted by molar-refractivity contribution is -0.208. The number of nitrogen functional groups attached to an aromatic ring is 1. The van der Waals surface area contributed by atoms with Crippen LogP contribution in [-0.2, 0) is 19.8 Å². The highest BCUT2D eigenvalue weighted by Crippen LogP contribution is 2.53. The molecule has 4 heterocycles. The van der Waals surface area contributed by atoms with Crippen LogP contribution in [-0.4, -0.2) is 50.4 Å². The number of anilines is 1. The molecule has 0 aliphatic carbocycles. The van der Waals surface area contributed by atoms with Gasteiger partial charge in [0.25, 0.3) is 0 Å². The molecule has 2 aromatic rings. The minimum Gasteiger partial charge on any atom is -0.393 e. The summed E-state index contributed by atoms with van der Waals surface area (Å²) in [4.78, 5) is 4.01. The SMILES string of the molecule is CC1(C)O[C@@H]2[C@@](C)(CO)OC[C@]2(c2ccc3c(N)ncnn23)O1. The molecule has 2 aliphatic heterocycles. The van der Waals surface area contributed by atoms with E-state index in [1.165, 1.54) is 6.33 Å². The fraction of sp³-hybridized carbons (Fsp3) is 0.600. The van der Waals surface area contributed by atoms with Gasteiger partial charge in [-0.15, -0.1) is 0 Å². The highest BCUT2D eigenvalue weighted by Gasteiger charge is 2.67. The molecular formula is C15H20N4O4. The first-order chi connectivity index (χ1) is 10.8. The van der Waals surface area contributed by atoms with Crippen molar-refractivity contribution in [3.63, 3.8) is 0 Å². The van der Waals surface area contributed by atoms with E-state index < -0.39 is 23.1 Å². The van der Waals surface area contributed by atoms with Gasteiger partial charge in [-0.1, -0.05) is 0 Å². The van der Waals surface area contributed by atoms with Crippen molar-refractivity contribution in [3.05, 3.63) is 24.2 Å². The van der Waals surface area contributed by atoms with E-state index in [1.807, 2.05) is 32.9 Å². The van der Waals surface area contributed by atoms with Gasteiger partial charge in [0, 0.05) is 0 Å². The summed E-state index contributed by atoms with van der Waals surface area (Å²) >= 11 is 0. The van der Waals surface area contributed by atoms with E-state index in [2.05, 4.69) is 10.1 Å². The number of hydrogen-bond acceptors (Lipinski definition) is 7. The third kappa shape index (κ3) is 1.86. The maximum atomic E-state index is 9.80. The van der Waals surface area contributed by atoms with Crippen molar-refractivity contribution in [1.29, 1.82) is 0 Å². The molecule has 0 unspecified atom stereocenters. The van der Waals surface area contributed by atoms with Crippen LogP contribution in [0.3, 0.4) is 0 Å². The largest absolute Gasteiger partial charge is 0.393 e. The molecule has 3 atom stereocenters. The Labute approximate surface area is 133 Å². The predicted molar refractivity (Wildman–Crippen MR) is 80.6 cm³/mol. The van der Waals surface area contributed by atoms with Gasteiger partial charge in [-0.05, 0) is 32.9 Å². The number of aromatic nitrogens is 3. The van der Waals surface area contributed by atoms with Gasteiger partial charge in [0.15, 0.2) is 17.2 Å². The number of nitrogens with zero attached hydrogens (tertiary/aromatic N) is 3. The summed E-state index contributed by atoms with van der Waals surface area (Å²) in [7, 11) is 0. The maximum Gasteiger partial charge on any atom is 0.165 e. The monoisotopic (exact) mass is 320 g/mol. The van der Waals surface area contributed by atoms with Crippen molar-refractivity contribution in [2.75, 3.05) is 18.9 Å². The molecule has 0 spiro atoms. The van der Waals surface area contributed by atoms with E-state index in [1.54, 1.807) is 4.52 Å². The lowest BCUT2D eigenvalue weighted by Gasteiger charge is -2.29. The summed E-state index contributed by atoms with van der Waals surface area (Å²) in [5.74, 6) is -0.408. The second-order valence-corrected chi connectivity index (χ2v) is 6.81. The second-order valence-electron chi connectivity index (χ2n) is 6.81. The molecule has 4 rings (SSSR count). The highest BCUT2D eigenvalue weighted by molar-refractivity contribution is 5.65. The van der Waals surface area contributed by atoms with Crippen LogP contribution in [0.25, 0.3) is 5.52 Å². The molecule has 124 valence electrons. The van der Waals surface area contributed by atoms with Crippen molar-refractivity contribution in [3.8, 4) is 0 Å². The quantitative estimate of drug-likeness (QED) is 0.827. The number of rotatable bonds is 2. The lowest BCUT2D eigenvalue weighted by atomic mass is 9.86. The highest BCUT2D eigenvalue weighted by atomic mass is 16.8. The van der Waals surface area contributed by atoms with Gasteiger partial charge in [-0.2, -0.15) is 5.10 Å². The molecule has 0 aromatic carbocycles. The summed E-state index contributed by atoms with van der Waals surface area (Å²) in [5, 5.41) is 14.1. The Morgan fingerprint density at radius 1 is 1.39 bits per heavy atom. The molecule has 2 saturated heterocycles. The molecule has 0 radical (unpaired) electrons. The molecule has 8 nitrogen and oxygen atoms in total. The zero-order valence-corrected chi connectivity index (χ0v) is 13.3. The first kappa shape index (κ1) is 14.8. The average Bonchev–Trinajstić information content (AvgIpc) is 3.12. The molecule has 23 heavy (non-hydrogen) atoms. The molecule has 2 fully saturated rings. The topological polar surface area (TPSA) is 104 Å². The molecule has 3 N–H and O–H groups in total. The van der Waals surface area contributed by atoms with Crippen LogP contribution in [0.15, 0.2) is 18.5 Å². The summed E-state index contributed by atoms with van der Waals surface area (Å²) < 4.78 is 19.9. The van der Waals surface area contributed by atoms with Crippen LogP contribution < -0.4 is 5.73 Å². The fourth-order valence-corrected chi connectivity index (χ4v) is 3.63. The van der Waals surface area contributed by atoms with Gasteiger partial charge in [0.1, 0.15) is 23.5 Å². The number of fused-ring (bicyclic) bond motifs is 2. The van der Waals surface area contributed by atoms with Crippen LogP contribution >= 0.6 is 0 Å². The van der Waals surface area contributed by atoms with Crippen molar-refractivity contribution in [2.24, 2.45) is 0 Å². The van der Waals surface area contributed by atoms with Gasteiger partial charge in [-0.25, -0.2) is 9.50 Å². The molecule has 0 amide bonds. The maximum absolute atomic E-state index is 9.80. The van der Waals surface area contributed by atoms with E-state index in [0.29, 0.717) is 11.3 Å². The van der Waals surface area contributed by atoms with Crippen LogP contribution in [0.1, 0.15) is 26.5 Å². The van der Waals surface area contributed by atoms with Gasteiger partial charge < -0.3 is 25.1 Å². The van der Waals surface area contributed by atoms with E-state index in [-0.39, 0.29) is 13.2 Å². The first-order valence-electron chi connectivity index (χ1n) is 7.53. The molecular weight excluding hydrogens is 300 g/mol. The van der Waals surface area contributed by atoms with Gasteiger partial charge in [-0.3, -0.25) is 0 Å². The smallest absolute Gasteiger partial charge is 0.165 e. The predicted octanol–water partition coefficient (Wildman–Crippen LogP) is 0.439. The van der Waals surface area contributed by atoms with Gasteiger partial charge >= 0.3 is 0 Å². The Bertz CT molecular complexity index is 776. The minimum absolute atomic E-state index is 0.167. The van der Waals surface area contributed by atoms with Crippen molar-refractivity contribution >= 4 is 11.3 Å². The first-order valence-corrected chi connectivity index (χ1v) is 7.53. The van der Waals surface area contributed by atoms with E-state index in [0.717, 1.165) is 5.69 Å². The van der Waals surface area contributed by atoms with Crippen LogP contribution in [0.2, 0.25) is 0 Å². The van der Waals surface area contributed by atoms with E-state index in [9.17, 15) is 5.11 Å². The Kier molecular flexibility index (Phi) is 2.85. The molecule has 0 bridgehead atoms. The standard InChI is InChI=1S/C15H20N4O4/c1-13(2)22-12-14(3,6-20)21-7-15(12,23-13)10-5-4-9-11(16)17-8-18-19(9)10/h4-5,8,12,20H,6-7H2,1-3H3,(H2,16,17,18)/t12-,14-,15-/m1/s1. The third-order valence-electron chi connectivity index (χ3n) is 4.65. The summed E-state index contributed by atoms with van der Waals surface area (Å²) in [6.45, 7) is 5.62. The second kappa shape index (κ2) is 4.41. The van der Waals surface area contributed by atoms with Gasteiger partial charge in [0.2, 0.25) is 0 Å². The van der Waals surface area contributed by atoms with E-state index in [4.69, 9.17) is 19.9 Å². The average molecular weight is 320 g/mol. The summed E-state index contributed by atoms with van der Waals surface area (Å²) in [6, 6.07) is 3.74. The number of nitrogens with two attached hydrogens (primary N) is 1. The fourth-order valence-electron chi connectivity index (χ4n) is 3.63. The Balaban J connectivity index is 1.92. The molecule has 8 heteroatoms. The number of aliphatic hydroxyl groups is 1. The normalized spacial score (nSPS) is 35.7. The van der Waals surface area contributed by atoms with Crippen molar-refractivity contribution in [2.45, 2.75) is 43.9 Å². The lowest BCUT2D eigenvalue weighted by Crippen LogP contribution is -2.47. The van der Waals surface area contributed by atoms with Crippen LogP contribution in [0.4, 0.5) is 5.82 Å². The summed E-state index contributed by atoms with van der Waals surface area (Å²) in [6.07, 6.45) is 0.934. The van der Waals surface area contributed by atoms with Crippen LogP contribution in [0.5, 0.6) is 0 Å². The molecule has 0 saturated carbocycles. The van der Waals surface area contributed by atoms with E-state index >= 15 is 0 Å². The van der Waals surface area contributed by atoms with Crippen LogP contribution in [0, 0.1) is 0 Å². The summed E-state index contributed by atoms with van der Waals surface area (Å²) in [5.41, 5.74) is 5.67. The Morgan fingerprint density at radius 3 is 2.91 bits per heavy atom. The molecule has 2 aliphatic rings. The van der Waals surface area contributed by atoms with Crippen molar-refractivity contribution in [1.82, 2.24) is 14.6 Å². The third-order valence-corrected chi connectivity index (χ3v) is 4.65. The Hall–Kier alpha value is -1.74. The number of hydrogen-bond donors (Lipinski definition) is 2. The van der Waals surface area contributed by atoms with Crippen molar-refractivity contribution < 1.29 is 19.3 Å². The zero-order chi connectivity index (χ0) is 16.5.